The highest BCUT2D eigenvalue weighted by Crippen LogP contribution is 2.35. The molecule has 3 heterocycles. The molecular weight excluding hydrogens is 270 g/mol. The molecule has 2 fully saturated rings. The van der Waals surface area contributed by atoms with Crippen molar-refractivity contribution in [1.82, 2.24) is 14.6 Å². The van der Waals surface area contributed by atoms with Crippen LogP contribution in [0.2, 0.25) is 0 Å². The molecule has 3 rings (SSSR count). The monoisotopic (exact) mass is 287 g/mol. The van der Waals surface area contributed by atoms with Gasteiger partial charge in [-0.25, -0.2) is 13.4 Å². The summed E-state index contributed by atoms with van der Waals surface area (Å²) in [4.78, 5) is 4.07. The van der Waals surface area contributed by atoms with E-state index in [0.717, 1.165) is 37.4 Å². The molecule has 2 saturated heterocycles. The maximum atomic E-state index is 12.7. The average Bonchev–Trinajstić information content (AvgIpc) is 2.82. The molecule has 100 valence electrons. The highest BCUT2D eigenvalue weighted by molar-refractivity contribution is 7.91. The predicted octanol–water partition coefficient (Wildman–Crippen LogP) is 0.967. The molecule has 1 aromatic heterocycles. The minimum atomic E-state index is -3.35. The fraction of sp³-hybridized carbons (Fsp3) is 0.727. The molecule has 0 radical (unpaired) electrons. The molecule has 0 aromatic carbocycles. The van der Waals surface area contributed by atoms with E-state index >= 15 is 0 Å². The molecule has 2 atom stereocenters. The first-order valence-corrected chi connectivity index (χ1v) is 8.51. The first-order valence-electron chi connectivity index (χ1n) is 6.26. The molecule has 18 heavy (non-hydrogen) atoms. The number of sulfonamides is 1. The Kier molecular flexibility index (Phi) is 3.17. The zero-order valence-electron chi connectivity index (χ0n) is 10.3. The Morgan fingerprint density at radius 3 is 2.89 bits per heavy atom. The van der Waals surface area contributed by atoms with Crippen molar-refractivity contribution in [2.45, 2.75) is 42.5 Å². The molecule has 0 saturated carbocycles. The lowest BCUT2D eigenvalue weighted by atomic mass is 10.1. The van der Waals surface area contributed by atoms with E-state index < -0.39 is 10.0 Å². The predicted molar refractivity (Wildman–Crippen MR) is 70.2 cm³/mol. The standard InChI is InChI=1S/C11H17N3O2S2/c1-8-13-7-11(17-8)18(15,16)14-9-2-3-10(14)6-12-5-4-9/h7,9-10,12H,2-6H2,1H3. The Balaban J connectivity index is 1.98. The van der Waals surface area contributed by atoms with Gasteiger partial charge >= 0.3 is 0 Å². The van der Waals surface area contributed by atoms with Crippen LogP contribution in [0, 0.1) is 6.92 Å². The number of nitrogens with zero attached hydrogens (tertiary/aromatic N) is 2. The number of hydrogen-bond acceptors (Lipinski definition) is 5. The normalized spacial score (nSPS) is 29.4. The number of fused-ring (bicyclic) bond motifs is 2. The summed E-state index contributed by atoms with van der Waals surface area (Å²) in [6.07, 6.45) is 4.36. The van der Waals surface area contributed by atoms with Crippen LogP contribution in [0.25, 0.3) is 0 Å². The summed E-state index contributed by atoms with van der Waals surface area (Å²) in [5.41, 5.74) is 0. The number of hydrogen-bond donors (Lipinski definition) is 1. The first kappa shape index (κ1) is 12.5. The molecular formula is C11H17N3O2S2. The Morgan fingerprint density at radius 2 is 2.17 bits per heavy atom. The second-order valence-electron chi connectivity index (χ2n) is 4.91. The number of thiazole rings is 1. The lowest BCUT2D eigenvalue weighted by Crippen LogP contribution is -2.42. The Morgan fingerprint density at radius 1 is 1.39 bits per heavy atom. The minimum absolute atomic E-state index is 0.116. The maximum absolute atomic E-state index is 12.7. The van der Waals surface area contributed by atoms with E-state index in [-0.39, 0.29) is 12.1 Å². The molecule has 0 aliphatic carbocycles. The summed E-state index contributed by atoms with van der Waals surface area (Å²) in [7, 11) is -3.35. The van der Waals surface area contributed by atoms with Gasteiger partial charge in [0.15, 0.2) is 4.21 Å². The summed E-state index contributed by atoms with van der Waals surface area (Å²) in [6, 6.07) is 0.280. The summed E-state index contributed by atoms with van der Waals surface area (Å²) in [6.45, 7) is 3.52. The quantitative estimate of drug-likeness (QED) is 0.880. The van der Waals surface area contributed by atoms with Crippen LogP contribution < -0.4 is 5.32 Å². The third-order valence-electron chi connectivity index (χ3n) is 3.72. The van der Waals surface area contributed by atoms with Crippen LogP contribution in [0.1, 0.15) is 24.3 Å². The topological polar surface area (TPSA) is 62.3 Å². The van der Waals surface area contributed by atoms with E-state index in [9.17, 15) is 8.42 Å². The average molecular weight is 287 g/mol. The van der Waals surface area contributed by atoms with Crippen molar-refractivity contribution in [3.63, 3.8) is 0 Å². The van der Waals surface area contributed by atoms with Crippen molar-refractivity contribution in [2.75, 3.05) is 13.1 Å². The number of aromatic nitrogens is 1. The van der Waals surface area contributed by atoms with Gasteiger partial charge in [-0.1, -0.05) is 0 Å². The minimum Gasteiger partial charge on any atom is -0.315 e. The number of aryl methyl sites for hydroxylation is 1. The van der Waals surface area contributed by atoms with Crippen molar-refractivity contribution in [3.8, 4) is 0 Å². The third-order valence-corrected chi connectivity index (χ3v) is 7.07. The molecule has 2 aliphatic rings. The van der Waals surface area contributed by atoms with Crippen LogP contribution in [-0.2, 0) is 10.0 Å². The maximum Gasteiger partial charge on any atom is 0.254 e. The van der Waals surface area contributed by atoms with Crippen molar-refractivity contribution < 1.29 is 8.42 Å². The summed E-state index contributed by atoms with van der Waals surface area (Å²) < 4.78 is 27.5. The fourth-order valence-corrected chi connectivity index (χ4v) is 6.01. The van der Waals surface area contributed by atoms with Crippen LogP contribution in [0.5, 0.6) is 0 Å². The van der Waals surface area contributed by atoms with Crippen LogP contribution in [0.4, 0.5) is 0 Å². The zero-order chi connectivity index (χ0) is 12.8. The van der Waals surface area contributed by atoms with Gasteiger partial charge in [-0.05, 0) is 32.7 Å². The summed E-state index contributed by atoms with van der Waals surface area (Å²) in [5.74, 6) is 0. The molecule has 7 heteroatoms. The molecule has 2 unspecified atom stereocenters. The molecule has 2 aliphatic heterocycles. The van der Waals surface area contributed by atoms with Gasteiger partial charge in [0.05, 0.1) is 11.2 Å². The van der Waals surface area contributed by atoms with Crippen LogP contribution in [0.15, 0.2) is 10.4 Å². The van der Waals surface area contributed by atoms with E-state index in [4.69, 9.17) is 0 Å². The highest BCUT2D eigenvalue weighted by Gasteiger charge is 2.43. The Bertz CT molecular complexity index is 526. The van der Waals surface area contributed by atoms with Gasteiger partial charge in [-0.3, -0.25) is 0 Å². The van der Waals surface area contributed by atoms with Gasteiger partial charge in [0.1, 0.15) is 0 Å². The second-order valence-corrected chi connectivity index (χ2v) is 8.22. The van der Waals surface area contributed by atoms with Gasteiger partial charge in [-0.15, -0.1) is 11.3 Å². The third kappa shape index (κ3) is 1.99. The zero-order valence-corrected chi connectivity index (χ0v) is 11.9. The highest BCUT2D eigenvalue weighted by atomic mass is 32.2. The molecule has 1 aromatic rings. The van der Waals surface area contributed by atoms with Gasteiger partial charge in [0.2, 0.25) is 0 Å². The van der Waals surface area contributed by atoms with Gasteiger partial charge in [0.25, 0.3) is 10.0 Å². The van der Waals surface area contributed by atoms with Gasteiger partial charge in [0, 0.05) is 18.6 Å². The van der Waals surface area contributed by atoms with Crippen molar-refractivity contribution >= 4 is 21.4 Å². The van der Waals surface area contributed by atoms with E-state index in [1.807, 2.05) is 6.92 Å². The van der Waals surface area contributed by atoms with Gasteiger partial charge < -0.3 is 5.32 Å². The molecule has 5 nitrogen and oxygen atoms in total. The van der Waals surface area contributed by atoms with E-state index in [0.29, 0.717) is 4.21 Å². The Labute approximate surface area is 111 Å². The second kappa shape index (κ2) is 4.56. The van der Waals surface area contributed by atoms with E-state index in [1.54, 1.807) is 4.31 Å². The lowest BCUT2D eigenvalue weighted by molar-refractivity contribution is 0.335. The van der Waals surface area contributed by atoms with Crippen molar-refractivity contribution in [1.29, 1.82) is 0 Å². The number of rotatable bonds is 2. The van der Waals surface area contributed by atoms with E-state index in [2.05, 4.69) is 10.3 Å². The van der Waals surface area contributed by atoms with Crippen molar-refractivity contribution in [3.05, 3.63) is 11.2 Å². The van der Waals surface area contributed by atoms with E-state index in [1.165, 1.54) is 17.5 Å². The molecule has 0 spiro atoms. The lowest BCUT2D eigenvalue weighted by Gasteiger charge is -2.25. The first-order chi connectivity index (χ1) is 8.59. The largest absolute Gasteiger partial charge is 0.315 e. The van der Waals surface area contributed by atoms with Crippen LogP contribution in [0.3, 0.4) is 0 Å². The Hall–Kier alpha value is -0.500. The van der Waals surface area contributed by atoms with Crippen molar-refractivity contribution in [2.24, 2.45) is 0 Å². The molecule has 1 N–H and O–H groups in total. The van der Waals surface area contributed by atoms with Crippen LogP contribution >= 0.6 is 11.3 Å². The smallest absolute Gasteiger partial charge is 0.254 e. The van der Waals surface area contributed by atoms with Gasteiger partial charge in [-0.2, -0.15) is 4.31 Å². The molecule has 0 amide bonds. The molecule has 2 bridgehead atoms. The number of nitrogens with one attached hydrogen (secondary N) is 1. The summed E-state index contributed by atoms with van der Waals surface area (Å²) in [5, 5.41) is 4.12. The van der Waals surface area contributed by atoms with Crippen LogP contribution in [-0.4, -0.2) is 42.9 Å². The summed E-state index contributed by atoms with van der Waals surface area (Å²) >= 11 is 1.27. The SMILES string of the molecule is Cc1ncc(S(=O)(=O)N2C3CCNCC2CC3)s1. The fourth-order valence-electron chi connectivity index (χ4n) is 2.90.